The van der Waals surface area contributed by atoms with Gasteiger partial charge in [0.2, 0.25) is 11.8 Å². The molecule has 9 rings (SSSR count). The quantitative estimate of drug-likeness (QED) is 0.153. The zero-order chi connectivity index (χ0) is 38.4. The summed E-state index contributed by atoms with van der Waals surface area (Å²) in [4.78, 5) is 63.9. The minimum Gasteiger partial charge on any atom is -0.491 e. The van der Waals surface area contributed by atoms with Gasteiger partial charge in [0.15, 0.2) is 11.6 Å². The predicted molar refractivity (Wildman–Crippen MR) is 212 cm³/mol. The highest BCUT2D eigenvalue weighted by atomic mass is 16.5. The standard InChI is InChI=1S/C48H46N2O6/c51-26-27-56-41-19-11-10-18-36(41)44-35-20-21-37-43(47(55)50(46(37)54)34-22-24-49(25-23-34)30-31-12-4-1-5-13-31)39(35)28-40-45(53)38(32-14-6-2-7-15-32)29-42(52)48(40,44)33-16-8-3-9-17-33/h1-20,29,34,37,39-40,43-44,51H,21-28,30H2. The molecule has 1 saturated carbocycles. The fraction of sp³-hybridized carbons (Fsp3) is 0.333. The van der Waals surface area contributed by atoms with E-state index in [4.69, 9.17) is 4.74 Å². The molecule has 1 N–H and O–H groups in total. The number of piperidine rings is 1. The topological polar surface area (TPSA) is 104 Å². The fourth-order valence-electron chi connectivity index (χ4n) is 10.8. The number of aliphatic hydroxyl groups excluding tert-OH is 1. The molecule has 2 heterocycles. The van der Waals surface area contributed by atoms with E-state index in [-0.39, 0.29) is 49.1 Å². The number of imide groups is 1. The molecule has 2 amide bonds. The van der Waals surface area contributed by atoms with Crippen LogP contribution in [0.15, 0.2) is 133 Å². The van der Waals surface area contributed by atoms with Gasteiger partial charge in [0.05, 0.1) is 23.9 Å². The van der Waals surface area contributed by atoms with Gasteiger partial charge in [-0.05, 0) is 60.4 Å². The van der Waals surface area contributed by atoms with Crippen LogP contribution in [0.1, 0.15) is 53.9 Å². The van der Waals surface area contributed by atoms with Crippen LogP contribution in [-0.2, 0) is 31.1 Å². The number of nitrogens with zero attached hydrogens (tertiary/aromatic N) is 2. The zero-order valence-electron chi connectivity index (χ0n) is 31.3. The van der Waals surface area contributed by atoms with E-state index in [1.165, 1.54) is 11.6 Å². The van der Waals surface area contributed by atoms with Crippen LogP contribution in [0.5, 0.6) is 5.75 Å². The minimum absolute atomic E-state index is 0.0513. The van der Waals surface area contributed by atoms with Crippen LogP contribution in [-0.4, -0.2) is 70.6 Å². The van der Waals surface area contributed by atoms with Crippen LogP contribution in [0.25, 0.3) is 5.57 Å². The Bertz CT molecular complexity index is 2210. The van der Waals surface area contributed by atoms with E-state index >= 15 is 9.59 Å². The summed E-state index contributed by atoms with van der Waals surface area (Å²) in [6.07, 6.45) is 5.70. The second-order valence-electron chi connectivity index (χ2n) is 15.9. The highest BCUT2D eigenvalue weighted by Gasteiger charge is 2.66. The molecule has 6 unspecified atom stereocenters. The van der Waals surface area contributed by atoms with Gasteiger partial charge in [-0.15, -0.1) is 0 Å². The molecule has 3 aliphatic carbocycles. The molecule has 0 spiro atoms. The molecule has 8 nitrogen and oxygen atoms in total. The summed E-state index contributed by atoms with van der Waals surface area (Å²) in [7, 11) is 0. The third kappa shape index (κ3) is 5.89. The first-order valence-electron chi connectivity index (χ1n) is 20.0. The summed E-state index contributed by atoms with van der Waals surface area (Å²) in [5.74, 6) is -3.17. The Labute approximate surface area is 327 Å². The Balaban J connectivity index is 1.14. The van der Waals surface area contributed by atoms with E-state index in [2.05, 4.69) is 23.1 Å². The number of ketones is 2. The number of likely N-dealkylation sites (tertiary alicyclic amines) is 2. The van der Waals surface area contributed by atoms with Crippen molar-refractivity contribution in [3.05, 3.63) is 155 Å². The smallest absolute Gasteiger partial charge is 0.233 e. The van der Waals surface area contributed by atoms with Crippen molar-refractivity contribution in [2.45, 2.75) is 49.6 Å². The number of carbonyl (C=O) groups is 4. The number of amides is 2. The maximum Gasteiger partial charge on any atom is 0.233 e. The van der Waals surface area contributed by atoms with Gasteiger partial charge in [0, 0.05) is 48.6 Å². The van der Waals surface area contributed by atoms with Crippen molar-refractivity contribution in [1.29, 1.82) is 0 Å². The van der Waals surface area contributed by atoms with E-state index in [9.17, 15) is 14.7 Å². The molecule has 8 heteroatoms. The number of para-hydroxylation sites is 1. The molecule has 56 heavy (non-hydrogen) atoms. The third-order valence-corrected chi connectivity index (χ3v) is 13.2. The van der Waals surface area contributed by atoms with Crippen molar-refractivity contribution in [3.8, 4) is 5.75 Å². The average Bonchev–Trinajstić information content (AvgIpc) is 3.50. The molecular weight excluding hydrogens is 701 g/mol. The molecule has 4 aromatic rings. The lowest BCUT2D eigenvalue weighted by molar-refractivity contribution is -0.144. The SMILES string of the molecule is O=C1C(c2ccccc2)=CC(=O)C2(c3ccccc3)C1CC1C(=CCC3C(=O)N(C4CCN(Cc5ccccc5)CC4)C(=O)C31)C2c1ccccc1OCCO. The van der Waals surface area contributed by atoms with Crippen molar-refractivity contribution in [2.24, 2.45) is 23.7 Å². The fourth-order valence-corrected chi connectivity index (χ4v) is 10.8. The van der Waals surface area contributed by atoms with Gasteiger partial charge in [-0.25, -0.2) is 0 Å². The van der Waals surface area contributed by atoms with Crippen molar-refractivity contribution in [1.82, 2.24) is 9.80 Å². The van der Waals surface area contributed by atoms with Crippen molar-refractivity contribution in [2.75, 3.05) is 26.3 Å². The molecule has 284 valence electrons. The third-order valence-electron chi connectivity index (χ3n) is 13.2. The van der Waals surface area contributed by atoms with Crippen LogP contribution >= 0.6 is 0 Å². The summed E-state index contributed by atoms with van der Waals surface area (Å²) in [5, 5.41) is 9.80. The average molecular weight is 747 g/mol. The molecular formula is C48H46N2O6. The van der Waals surface area contributed by atoms with Crippen LogP contribution < -0.4 is 4.74 Å². The summed E-state index contributed by atoms with van der Waals surface area (Å²) >= 11 is 0. The van der Waals surface area contributed by atoms with Gasteiger partial charge in [-0.1, -0.05) is 121 Å². The molecule has 0 radical (unpaired) electrons. The maximum absolute atomic E-state index is 15.3. The first-order valence-corrected chi connectivity index (χ1v) is 20.0. The van der Waals surface area contributed by atoms with Crippen molar-refractivity contribution >= 4 is 29.0 Å². The van der Waals surface area contributed by atoms with E-state index in [1.54, 1.807) is 4.90 Å². The summed E-state index contributed by atoms with van der Waals surface area (Å²) in [5.41, 5.74) is 3.30. The largest absolute Gasteiger partial charge is 0.491 e. The number of hydrogen-bond donors (Lipinski definition) is 1. The van der Waals surface area contributed by atoms with Crippen LogP contribution in [0, 0.1) is 23.7 Å². The summed E-state index contributed by atoms with van der Waals surface area (Å²) in [6.45, 7) is 2.27. The number of fused-ring (bicyclic) bond motifs is 4. The van der Waals surface area contributed by atoms with Crippen LogP contribution in [0.2, 0.25) is 0 Å². The maximum atomic E-state index is 15.3. The van der Waals surface area contributed by atoms with E-state index in [0.29, 0.717) is 36.1 Å². The second-order valence-corrected chi connectivity index (χ2v) is 15.9. The summed E-state index contributed by atoms with van der Waals surface area (Å²) < 4.78 is 6.18. The first-order chi connectivity index (χ1) is 27.4. The molecule has 2 aliphatic heterocycles. The number of allylic oxidation sites excluding steroid dienone is 4. The lowest BCUT2D eigenvalue weighted by Gasteiger charge is -2.55. The highest BCUT2D eigenvalue weighted by Crippen LogP contribution is 2.64. The van der Waals surface area contributed by atoms with Gasteiger partial charge >= 0.3 is 0 Å². The number of hydrogen-bond acceptors (Lipinski definition) is 7. The molecule has 0 aromatic heterocycles. The molecule has 4 aromatic carbocycles. The predicted octanol–water partition coefficient (Wildman–Crippen LogP) is 6.55. The molecule has 5 aliphatic rings. The van der Waals surface area contributed by atoms with E-state index < -0.39 is 35.0 Å². The lowest BCUT2D eigenvalue weighted by Crippen LogP contribution is -2.59. The number of Topliss-reactive ketones (excluding diaryl/α,β-unsaturated/α-hetero) is 1. The number of aliphatic hydroxyl groups is 1. The van der Waals surface area contributed by atoms with Crippen molar-refractivity contribution < 1.29 is 29.0 Å². The first kappa shape index (κ1) is 36.2. The van der Waals surface area contributed by atoms with Crippen LogP contribution in [0.3, 0.4) is 0 Å². The van der Waals surface area contributed by atoms with Crippen molar-refractivity contribution in [3.63, 3.8) is 0 Å². The van der Waals surface area contributed by atoms with Gasteiger partial charge in [0.25, 0.3) is 0 Å². The van der Waals surface area contributed by atoms with Crippen LogP contribution in [0.4, 0.5) is 0 Å². The van der Waals surface area contributed by atoms with E-state index in [1.807, 2.05) is 103 Å². The van der Waals surface area contributed by atoms with Gasteiger partial charge < -0.3 is 9.84 Å². The molecule has 2 saturated heterocycles. The normalized spacial score (nSPS) is 27.9. The monoisotopic (exact) mass is 746 g/mol. The van der Waals surface area contributed by atoms with Gasteiger partial charge in [-0.2, -0.15) is 0 Å². The Morgan fingerprint density at radius 1 is 0.750 bits per heavy atom. The van der Waals surface area contributed by atoms with E-state index in [0.717, 1.165) is 36.3 Å². The minimum atomic E-state index is -1.35. The molecule has 3 fully saturated rings. The lowest BCUT2D eigenvalue weighted by atomic mass is 9.44. The Kier molecular flexibility index (Phi) is 9.64. The van der Waals surface area contributed by atoms with Gasteiger partial charge in [0.1, 0.15) is 12.4 Å². The van der Waals surface area contributed by atoms with Gasteiger partial charge in [-0.3, -0.25) is 29.0 Å². The highest BCUT2D eigenvalue weighted by molar-refractivity contribution is 6.31. The Morgan fingerprint density at radius 3 is 2.12 bits per heavy atom. The number of carbonyl (C=O) groups excluding carboxylic acids is 4. The molecule has 0 bridgehead atoms. The second kappa shape index (κ2) is 14.9. The molecule has 6 atom stereocenters. The number of rotatable bonds is 9. The number of benzene rings is 4. The Morgan fingerprint density at radius 2 is 1.41 bits per heavy atom. The summed E-state index contributed by atoms with van der Waals surface area (Å²) in [6, 6.07) is 36.6. The zero-order valence-corrected chi connectivity index (χ0v) is 31.3. The number of ether oxygens (including phenoxy) is 1. The Hall–Kier alpha value is -5.44.